The summed E-state index contributed by atoms with van der Waals surface area (Å²) in [5, 5.41) is 2.96. The van der Waals surface area contributed by atoms with E-state index in [9.17, 15) is 14.4 Å². The van der Waals surface area contributed by atoms with E-state index in [-0.39, 0.29) is 18.4 Å². The van der Waals surface area contributed by atoms with E-state index in [1.54, 1.807) is 37.3 Å². The second-order valence-electron chi connectivity index (χ2n) is 7.98. The van der Waals surface area contributed by atoms with Crippen molar-refractivity contribution in [1.29, 1.82) is 0 Å². The topological polar surface area (TPSA) is 84.9 Å². The molecule has 0 unspecified atom stereocenters. The molecule has 0 aromatic heterocycles. The number of hydrogen-bond acceptors (Lipinski definition) is 5. The molecule has 2 aromatic carbocycles. The van der Waals surface area contributed by atoms with E-state index in [2.05, 4.69) is 5.32 Å². The Labute approximate surface area is 194 Å². The van der Waals surface area contributed by atoms with Gasteiger partial charge in [0.2, 0.25) is 5.91 Å². The fraction of sp³-hybridized carbons (Fsp3) is 0.346. The number of carbonyl (C=O) groups excluding carboxylic acids is 3. The Morgan fingerprint density at radius 1 is 1.06 bits per heavy atom. The summed E-state index contributed by atoms with van der Waals surface area (Å²) < 4.78 is 9.71. The molecule has 1 fully saturated rings. The van der Waals surface area contributed by atoms with Crippen LogP contribution in [0.2, 0.25) is 0 Å². The van der Waals surface area contributed by atoms with Gasteiger partial charge in [0.1, 0.15) is 5.75 Å². The van der Waals surface area contributed by atoms with Crippen LogP contribution in [0.1, 0.15) is 41.3 Å². The van der Waals surface area contributed by atoms with Crippen LogP contribution >= 0.6 is 0 Å². The first-order valence-electron chi connectivity index (χ1n) is 11.2. The number of aryl methyl sites for hydroxylation is 1. The molecule has 174 valence electrons. The minimum atomic E-state index is -0.773. The number of nitrogens with zero attached hydrogens (tertiary/aromatic N) is 1. The van der Waals surface area contributed by atoms with Crippen LogP contribution < -0.4 is 10.1 Å². The van der Waals surface area contributed by atoms with Crippen LogP contribution in [0.4, 0.5) is 4.79 Å². The Balaban J connectivity index is 1.41. The van der Waals surface area contributed by atoms with Gasteiger partial charge in [-0.15, -0.1) is 0 Å². The van der Waals surface area contributed by atoms with Crippen molar-refractivity contribution in [2.45, 2.75) is 26.7 Å². The van der Waals surface area contributed by atoms with Gasteiger partial charge in [-0.25, -0.2) is 4.79 Å². The van der Waals surface area contributed by atoms with Crippen molar-refractivity contribution in [3.05, 3.63) is 71.3 Å². The Hall–Kier alpha value is -3.61. The van der Waals surface area contributed by atoms with Crippen molar-refractivity contribution >= 4 is 24.0 Å². The largest absolute Gasteiger partial charge is 0.513 e. The molecule has 1 saturated heterocycles. The molecule has 33 heavy (non-hydrogen) atoms. The molecule has 2 amide bonds. The quantitative estimate of drug-likeness (QED) is 0.388. The second kappa shape index (κ2) is 11.9. The molecule has 7 heteroatoms. The number of amides is 2. The van der Waals surface area contributed by atoms with E-state index < -0.39 is 6.16 Å². The molecule has 0 bridgehead atoms. The maximum absolute atomic E-state index is 12.5. The first-order chi connectivity index (χ1) is 16.0. The number of ether oxygens (including phenoxy) is 2. The predicted octanol–water partition coefficient (Wildman–Crippen LogP) is 4.21. The second-order valence-corrected chi connectivity index (χ2v) is 7.98. The molecular weight excluding hydrogens is 420 g/mol. The Morgan fingerprint density at radius 3 is 2.42 bits per heavy atom. The van der Waals surface area contributed by atoms with Crippen molar-refractivity contribution < 1.29 is 23.9 Å². The molecular formula is C26H30N2O5. The summed E-state index contributed by atoms with van der Waals surface area (Å²) in [6.07, 6.45) is 4.42. The molecule has 1 N–H and O–H groups in total. The fourth-order valence-electron chi connectivity index (χ4n) is 3.65. The summed E-state index contributed by atoms with van der Waals surface area (Å²) in [6, 6.07) is 14.3. The van der Waals surface area contributed by atoms with Crippen LogP contribution in [0.25, 0.3) is 6.08 Å². The maximum Gasteiger partial charge on any atom is 0.513 e. The molecule has 0 spiro atoms. The minimum absolute atomic E-state index is 0.0193. The lowest BCUT2D eigenvalue weighted by molar-refractivity contribution is -0.127. The summed E-state index contributed by atoms with van der Waals surface area (Å²) in [4.78, 5) is 38.1. The van der Waals surface area contributed by atoms with Crippen molar-refractivity contribution in [3.63, 3.8) is 0 Å². The molecule has 0 aliphatic carbocycles. The highest BCUT2D eigenvalue weighted by molar-refractivity contribution is 5.94. The first kappa shape index (κ1) is 24.0. The van der Waals surface area contributed by atoms with E-state index in [0.717, 1.165) is 24.0 Å². The maximum atomic E-state index is 12.5. The SMILES string of the molecule is CCOC(=O)Oc1ccc(C(=O)NCC2CCN(C(=O)/C=C/c3ccccc3C)CC2)cc1. The number of benzene rings is 2. The van der Waals surface area contributed by atoms with Crippen LogP contribution in [0.15, 0.2) is 54.6 Å². The highest BCUT2D eigenvalue weighted by atomic mass is 16.7. The summed E-state index contributed by atoms with van der Waals surface area (Å²) in [5.41, 5.74) is 2.67. The lowest BCUT2D eigenvalue weighted by atomic mass is 9.96. The Kier molecular flexibility index (Phi) is 8.63. The van der Waals surface area contributed by atoms with E-state index >= 15 is 0 Å². The van der Waals surface area contributed by atoms with Crippen LogP contribution in [-0.4, -0.2) is 49.1 Å². The van der Waals surface area contributed by atoms with Gasteiger partial charge in [0, 0.05) is 31.3 Å². The Morgan fingerprint density at radius 2 is 1.76 bits per heavy atom. The minimum Gasteiger partial charge on any atom is -0.434 e. The molecule has 0 atom stereocenters. The van der Waals surface area contributed by atoms with Crippen LogP contribution in [0.3, 0.4) is 0 Å². The average molecular weight is 451 g/mol. The van der Waals surface area contributed by atoms with Gasteiger partial charge in [0.15, 0.2) is 0 Å². The number of likely N-dealkylation sites (tertiary alicyclic amines) is 1. The zero-order valence-electron chi connectivity index (χ0n) is 19.1. The van der Waals surface area contributed by atoms with Gasteiger partial charge in [0.05, 0.1) is 6.61 Å². The fourth-order valence-corrected chi connectivity index (χ4v) is 3.65. The summed E-state index contributed by atoms with van der Waals surface area (Å²) >= 11 is 0. The zero-order chi connectivity index (χ0) is 23.6. The molecule has 7 nitrogen and oxygen atoms in total. The highest BCUT2D eigenvalue weighted by Crippen LogP contribution is 2.18. The van der Waals surface area contributed by atoms with Crippen LogP contribution in [0, 0.1) is 12.8 Å². The molecule has 1 aliphatic rings. The normalized spacial score (nSPS) is 14.2. The van der Waals surface area contributed by atoms with Crippen molar-refractivity contribution in [2.75, 3.05) is 26.2 Å². The standard InChI is InChI=1S/C26H30N2O5/c1-3-32-26(31)33-23-11-8-22(9-12-23)25(30)27-18-20-14-16-28(17-15-20)24(29)13-10-21-7-5-4-6-19(21)2/h4-13,20H,3,14-18H2,1-2H3,(H,27,30)/b13-10+. The summed E-state index contributed by atoms with van der Waals surface area (Å²) in [5.74, 6) is 0.478. The van der Waals surface area contributed by atoms with E-state index in [1.807, 2.05) is 42.2 Å². The number of carbonyl (C=O) groups is 3. The number of rotatable bonds is 7. The molecule has 1 aliphatic heterocycles. The van der Waals surface area contributed by atoms with Crippen molar-refractivity contribution in [2.24, 2.45) is 5.92 Å². The van der Waals surface area contributed by atoms with Gasteiger partial charge in [-0.1, -0.05) is 24.3 Å². The van der Waals surface area contributed by atoms with Gasteiger partial charge < -0.3 is 19.7 Å². The van der Waals surface area contributed by atoms with Crippen LogP contribution in [-0.2, 0) is 9.53 Å². The Bertz CT molecular complexity index is 992. The molecule has 1 heterocycles. The van der Waals surface area contributed by atoms with Crippen molar-refractivity contribution in [1.82, 2.24) is 10.2 Å². The van der Waals surface area contributed by atoms with E-state index in [0.29, 0.717) is 36.9 Å². The monoisotopic (exact) mass is 450 g/mol. The first-order valence-corrected chi connectivity index (χ1v) is 11.2. The van der Waals surface area contributed by atoms with Gasteiger partial charge in [-0.2, -0.15) is 0 Å². The predicted molar refractivity (Wildman–Crippen MR) is 126 cm³/mol. The third kappa shape index (κ3) is 7.20. The summed E-state index contributed by atoms with van der Waals surface area (Å²) in [6.45, 7) is 5.86. The number of nitrogens with one attached hydrogen (secondary N) is 1. The van der Waals surface area contributed by atoms with Gasteiger partial charge in [-0.3, -0.25) is 9.59 Å². The lowest BCUT2D eigenvalue weighted by Crippen LogP contribution is -2.41. The van der Waals surface area contributed by atoms with E-state index in [1.165, 1.54) is 0 Å². The average Bonchev–Trinajstić information content (AvgIpc) is 2.83. The van der Waals surface area contributed by atoms with Crippen LogP contribution in [0.5, 0.6) is 5.75 Å². The third-order valence-electron chi connectivity index (χ3n) is 5.65. The smallest absolute Gasteiger partial charge is 0.434 e. The lowest BCUT2D eigenvalue weighted by Gasteiger charge is -2.31. The molecule has 2 aromatic rings. The molecule has 0 saturated carbocycles. The van der Waals surface area contributed by atoms with Gasteiger partial charge in [-0.05, 0) is 74.1 Å². The van der Waals surface area contributed by atoms with E-state index in [4.69, 9.17) is 9.47 Å². The highest BCUT2D eigenvalue weighted by Gasteiger charge is 2.22. The zero-order valence-corrected chi connectivity index (χ0v) is 19.1. The molecule has 0 radical (unpaired) electrons. The summed E-state index contributed by atoms with van der Waals surface area (Å²) in [7, 11) is 0. The van der Waals surface area contributed by atoms with Crippen molar-refractivity contribution in [3.8, 4) is 5.75 Å². The molecule has 3 rings (SSSR count). The number of piperidine rings is 1. The number of hydrogen-bond donors (Lipinski definition) is 1. The third-order valence-corrected chi connectivity index (χ3v) is 5.65. The van der Waals surface area contributed by atoms with Gasteiger partial charge >= 0.3 is 6.16 Å². The van der Waals surface area contributed by atoms with Gasteiger partial charge in [0.25, 0.3) is 5.91 Å².